The van der Waals surface area contributed by atoms with Crippen molar-refractivity contribution in [2.45, 2.75) is 31.8 Å². The van der Waals surface area contributed by atoms with Crippen LogP contribution in [0.3, 0.4) is 0 Å². The molecular formula is C17H23N5O3. The Morgan fingerprint density at radius 1 is 1.48 bits per heavy atom. The summed E-state index contributed by atoms with van der Waals surface area (Å²) in [6, 6.07) is 1.65. The van der Waals surface area contributed by atoms with E-state index in [-0.39, 0.29) is 18.2 Å². The van der Waals surface area contributed by atoms with Crippen molar-refractivity contribution in [3.05, 3.63) is 36.1 Å². The average Bonchev–Trinajstić information content (AvgIpc) is 3.10. The molecule has 8 nitrogen and oxygen atoms in total. The molecule has 25 heavy (non-hydrogen) atoms. The first kappa shape index (κ1) is 17.3. The van der Waals surface area contributed by atoms with Crippen molar-refractivity contribution in [1.29, 1.82) is 0 Å². The van der Waals surface area contributed by atoms with Crippen LogP contribution in [0.15, 0.2) is 29.2 Å². The van der Waals surface area contributed by atoms with Crippen LogP contribution in [0.4, 0.5) is 5.82 Å². The zero-order chi connectivity index (χ0) is 17.9. The summed E-state index contributed by atoms with van der Waals surface area (Å²) >= 11 is 0. The Morgan fingerprint density at radius 2 is 2.32 bits per heavy atom. The second-order valence-electron chi connectivity index (χ2n) is 6.51. The number of amides is 1. The van der Waals surface area contributed by atoms with Crippen molar-refractivity contribution in [1.82, 2.24) is 20.0 Å². The van der Waals surface area contributed by atoms with Gasteiger partial charge in [0.05, 0.1) is 24.0 Å². The number of aromatic nitrogens is 3. The number of β-amino-alcohol motifs (C(OH)–C–C–N with tert-alkyl or cyclic N) is 1. The first-order valence-corrected chi connectivity index (χ1v) is 8.45. The maximum Gasteiger partial charge on any atom is 0.292 e. The van der Waals surface area contributed by atoms with Crippen LogP contribution in [-0.4, -0.2) is 63.3 Å². The van der Waals surface area contributed by atoms with Gasteiger partial charge in [0.25, 0.3) is 5.91 Å². The summed E-state index contributed by atoms with van der Waals surface area (Å²) in [6.45, 7) is 3.37. The lowest BCUT2D eigenvalue weighted by Crippen LogP contribution is -2.54. The van der Waals surface area contributed by atoms with E-state index in [0.717, 1.165) is 24.5 Å². The first-order valence-electron chi connectivity index (χ1n) is 8.45. The fourth-order valence-electron chi connectivity index (χ4n) is 3.17. The van der Waals surface area contributed by atoms with Gasteiger partial charge >= 0.3 is 0 Å². The summed E-state index contributed by atoms with van der Waals surface area (Å²) in [4.78, 5) is 24.3. The summed E-state index contributed by atoms with van der Waals surface area (Å²) < 4.78 is 5.10. The van der Waals surface area contributed by atoms with E-state index >= 15 is 0 Å². The van der Waals surface area contributed by atoms with Crippen molar-refractivity contribution in [2.75, 3.05) is 31.6 Å². The third-order valence-electron chi connectivity index (χ3n) is 4.44. The summed E-state index contributed by atoms with van der Waals surface area (Å²) in [5.41, 5.74) is -0.268. The molecule has 1 atom stereocenters. The van der Waals surface area contributed by atoms with Gasteiger partial charge in [0.15, 0.2) is 0 Å². The van der Waals surface area contributed by atoms with Gasteiger partial charge in [0, 0.05) is 38.6 Å². The van der Waals surface area contributed by atoms with E-state index in [2.05, 4.69) is 15.1 Å². The lowest BCUT2D eigenvalue weighted by Gasteiger charge is -2.41. The minimum Gasteiger partial charge on any atom is -0.386 e. The molecule has 0 radical (unpaired) electrons. The van der Waals surface area contributed by atoms with Crippen LogP contribution in [0.5, 0.6) is 0 Å². The highest BCUT2D eigenvalue weighted by Gasteiger charge is 2.36. The molecule has 0 aromatic carbocycles. The Morgan fingerprint density at radius 3 is 3.00 bits per heavy atom. The van der Waals surface area contributed by atoms with E-state index in [9.17, 15) is 9.90 Å². The molecule has 2 aromatic rings. The van der Waals surface area contributed by atoms with Crippen LogP contribution in [-0.2, 0) is 6.42 Å². The number of hydrogen-bond donors (Lipinski definition) is 1. The summed E-state index contributed by atoms with van der Waals surface area (Å²) in [7, 11) is 1.66. The number of hydrogen-bond acceptors (Lipinski definition) is 7. The Kier molecular flexibility index (Phi) is 4.98. The largest absolute Gasteiger partial charge is 0.386 e. The van der Waals surface area contributed by atoms with Crippen LogP contribution in [0, 0.1) is 0 Å². The number of aryl methyl sites for hydroxylation is 1. The Labute approximate surface area is 146 Å². The Bertz CT molecular complexity index is 720. The molecule has 8 heteroatoms. The zero-order valence-corrected chi connectivity index (χ0v) is 14.6. The third kappa shape index (κ3) is 3.96. The molecule has 0 saturated carbocycles. The third-order valence-corrected chi connectivity index (χ3v) is 4.44. The molecule has 0 aliphatic carbocycles. The van der Waals surface area contributed by atoms with E-state index in [1.807, 2.05) is 11.8 Å². The van der Waals surface area contributed by atoms with Gasteiger partial charge in [-0.2, -0.15) is 0 Å². The van der Waals surface area contributed by atoms with Crippen molar-refractivity contribution < 1.29 is 14.4 Å². The van der Waals surface area contributed by atoms with Gasteiger partial charge in [-0.3, -0.25) is 9.78 Å². The molecular weight excluding hydrogens is 322 g/mol. The molecule has 1 fully saturated rings. The lowest BCUT2D eigenvalue weighted by molar-refractivity contribution is -0.00107. The minimum absolute atomic E-state index is 0.199. The van der Waals surface area contributed by atoms with Gasteiger partial charge in [-0.05, 0) is 19.3 Å². The average molecular weight is 345 g/mol. The van der Waals surface area contributed by atoms with Crippen LogP contribution in [0.25, 0.3) is 0 Å². The van der Waals surface area contributed by atoms with Gasteiger partial charge in [0.1, 0.15) is 5.82 Å². The molecule has 1 aliphatic heterocycles. The predicted octanol–water partition coefficient (Wildman–Crippen LogP) is 1.13. The monoisotopic (exact) mass is 345 g/mol. The van der Waals surface area contributed by atoms with Gasteiger partial charge < -0.3 is 19.4 Å². The number of anilines is 1. The normalized spacial score (nSPS) is 20.5. The second kappa shape index (κ2) is 7.18. The van der Waals surface area contributed by atoms with Crippen molar-refractivity contribution >= 4 is 11.7 Å². The molecule has 1 N–H and O–H groups in total. The predicted molar refractivity (Wildman–Crippen MR) is 91.3 cm³/mol. The molecule has 0 bridgehead atoms. The van der Waals surface area contributed by atoms with E-state index in [1.165, 1.54) is 4.90 Å². The highest BCUT2D eigenvalue weighted by molar-refractivity contribution is 5.91. The summed E-state index contributed by atoms with van der Waals surface area (Å²) in [5, 5.41) is 14.8. The molecule has 3 rings (SSSR count). The van der Waals surface area contributed by atoms with Crippen LogP contribution >= 0.6 is 0 Å². The molecule has 2 aromatic heterocycles. The lowest BCUT2D eigenvalue weighted by atomic mass is 9.92. The second-order valence-corrected chi connectivity index (χ2v) is 6.51. The molecule has 0 spiro atoms. The molecule has 1 unspecified atom stereocenters. The topological polar surface area (TPSA) is 95.6 Å². The van der Waals surface area contributed by atoms with Crippen LogP contribution in [0.2, 0.25) is 0 Å². The van der Waals surface area contributed by atoms with Crippen LogP contribution < -0.4 is 4.90 Å². The van der Waals surface area contributed by atoms with Crippen molar-refractivity contribution in [2.24, 2.45) is 0 Å². The van der Waals surface area contributed by atoms with E-state index in [1.54, 1.807) is 31.7 Å². The van der Waals surface area contributed by atoms with Crippen molar-refractivity contribution in [3.8, 4) is 0 Å². The fraction of sp³-hybridized carbons (Fsp3) is 0.529. The zero-order valence-electron chi connectivity index (χ0n) is 14.6. The van der Waals surface area contributed by atoms with Gasteiger partial charge in [0.2, 0.25) is 5.76 Å². The fourth-order valence-corrected chi connectivity index (χ4v) is 3.17. The molecule has 1 saturated heterocycles. The number of nitrogens with zero attached hydrogens (tertiary/aromatic N) is 5. The molecule has 3 heterocycles. The summed E-state index contributed by atoms with van der Waals surface area (Å²) in [6.07, 6.45) is 7.08. The number of aliphatic hydroxyl groups is 1. The van der Waals surface area contributed by atoms with E-state index in [0.29, 0.717) is 19.4 Å². The highest BCUT2D eigenvalue weighted by Crippen LogP contribution is 2.25. The summed E-state index contributed by atoms with van der Waals surface area (Å²) in [5.74, 6) is 0.652. The van der Waals surface area contributed by atoms with E-state index < -0.39 is 5.60 Å². The quantitative estimate of drug-likeness (QED) is 0.868. The van der Waals surface area contributed by atoms with Crippen LogP contribution in [0.1, 0.15) is 36.0 Å². The number of rotatable bonds is 5. The van der Waals surface area contributed by atoms with E-state index in [4.69, 9.17) is 4.52 Å². The highest BCUT2D eigenvalue weighted by atomic mass is 16.5. The van der Waals surface area contributed by atoms with Gasteiger partial charge in [-0.25, -0.2) is 4.98 Å². The number of carbonyl (C=O) groups excluding carboxylic acids is 1. The van der Waals surface area contributed by atoms with Gasteiger partial charge in [-0.15, -0.1) is 0 Å². The molecule has 1 amide bonds. The smallest absolute Gasteiger partial charge is 0.292 e. The minimum atomic E-state index is -1.01. The SMILES string of the molecule is CCc1cc(C(=O)N(C)CC2(O)CCCN(c3cnccn3)C2)on1. The van der Waals surface area contributed by atoms with Gasteiger partial charge in [-0.1, -0.05) is 12.1 Å². The molecule has 1 aliphatic rings. The first-order chi connectivity index (χ1) is 12.0. The number of carbonyl (C=O) groups is 1. The Balaban J connectivity index is 1.66. The number of piperidine rings is 1. The maximum absolute atomic E-state index is 12.5. The molecule has 134 valence electrons. The number of likely N-dealkylation sites (N-methyl/N-ethyl adjacent to an activating group) is 1. The standard InChI is InChI=1S/C17H23N5O3/c1-3-13-9-14(25-20-13)16(23)21(2)11-17(24)5-4-8-22(12-17)15-10-18-6-7-19-15/h6-7,9-10,24H,3-5,8,11-12H2,1-2H3. The van der Waals surface area contributed by atoms with Crippen molar-refractivity contribution in [3.63, 3.8) is 0 Å². The maximum atomic E-state index is 12.5. The Hall–Kier alpha value is -2.48.